The van der Waals surface area contributed by atoms with Crippen molar-refractivity contribution in [2.24, 2.45) is 11.3 Å². The topological polar surface area (TPSA) is 47.0 Å². The van der Waals surface area contributed by atoms with E-state index in [1.807, 2.05) is 20.9 Å². The van der Waals surface area contributed by atoms with Crippen molar-refractivity contribution >= 4 is 18.0 Å². The van der Waals surface area contributed by atoms with Crippen molar-refractivity contribution < 1.29 is 4.74 Å². The second-order valence-corrected chi connectivity index (χ2v) is 7.92. The Labute approximate surface area is 172 Å². The fourth-order valence-corrected chi connectivity index (χ4v) is 3.83. The summed E-state index contributed by atoms with van der Waals surface area (Å²) in [5.41, 5.74) is 2.77. The summed E-state index contributed by atoms with van der Waals surface area (Å²) in [5, 5.41) is 13.7. The second kappa shape index (κ2) is 12.0. The Bertz CT molecular complexity index is 748. The summed E-state index contributed by atoms with van der Waals surface area (Å²) in [5.74, 6) is 1.67. The fraction of sp³-hybridized carbons (Fsp3) is 0.667. The molecule has 1 fully saturated rings. The van der Waals surface area contributed by atoms with Gasteiger partial charge in [-0.25, -0.2) is 0 Å². The molecule has 1 aliphatic heterocycles. The predicted octanol–water partition coefficient (Wildman–Crippen LogP) is 4.61. The van der Waals surface area contributed by atoms with E-state index in [0.29, 0.717) is 5.41 Å². The van der Waals surface area contributed by atoms with Crippen LogP contribution in [0.15, 0.2) is 11.6 Å². The first-order valence-corrected chi connectivity index (χ1v) is 10.8. The van der Waals surface area contributed by atoms with Crippen molar-refractivity contribution in [1.29, 1.82) is 0 Å². The van der Waals surface area contributed by atoms with Crippen molar-refractivity contribution in [2.45, 2.75) is 74.1 Å². The average Bonchev–Trinajstić information content (AvgIpc) is 2.65. The van der Waals surface area contributed by atoms with Crippen LogP contribution in [0.3, 0.4) is 0 Å². The number of ether oxygens (including phenoxy) is 1. The van der Waals surface area contributed by atoms with E-state index in [1.54, 1.807) is 0 Å². The van der Waals surface area contributed by atoms with E-state index in [4.69, 9.17) is 4.74 Å². The number of hydrogen-bond donors (Lipinski definition) is 1. The van der Waals surface area contributed by atoms with Crippen molar-refractivity contribution in [2.75, 3.05) is 25.6 Å². The van der Waals surface area contributed by atoms with Crippen LogP contribution in [0.2, 0.25) is 0 Å². The van der Waals surface area contributed by atoms with E-state index >= 15 is 0 Å². The number of hydrogen-bond acceptors (Lipinski definition) is 4. The Kier molecular flexibility index (Phi) is 10.4. The monoisotopic (exact) mass is 387 g/mol. The van der Waals surface area contributed by atoms with Gasteiger partial charge < -0.3 is 10.1 Å². The van der Waals surface area contributed by atoms with E-state index in [-0.39, 0.29) is 0 Å². The first-order chi connectivity index (χ1) is 13.4. The Hall–Kier alpha value is -1.68. The van der Waals surface area contributed by atoms with Crippen LogP contribution in [0, 0.1) is 18.3 Å². The quantitative estimate of drug-likeness (QED) is 0.742. The van der Waals surface area contributed by atoms with Gasteiger partial charge in [-0.05, 0) is 45.6 Å². The first-order valence-electron chi connectivity index (χ1n) is 10.8. The third kappa shape index (κ3) is 6.16. The van der Waals surface area contributed by atoms with Crippen LogP contribution >= 0.6 is 0 Å². The highest BCUT2D eigenvalue weighted by Gasteiger charge is 2.41. The number of anilines is 1. The van der Waals surface area contributed by atoms with Crippen LogP contribution in [0.4, 0.5) is 5.82 Å². The number of allylic oxidation sites excluding steroid dienone is 2. The smallest absolute Gasteiger partial charge is 0.156 e. The van der Waals surface area contributed by atoms with Crippen LogP contribution in [0.5, 0.6) is 0 Å². The summed E-state index contributed by atoms with van der Waals surface area (Å²) in [6, 6.07) is 0. The minimum absolute atomic E-state index is 0.559. The molecule has 0 aliphatic carbocycles. The van der Waals surface area contributed by atoms with Gasteiger partial charge in [0, 0.05) is 22.9 Å². The molecule has 4 heteroatoms. The molecule has 0 bridgehead atoms. The summed E-state index contributed by atoms with van der Waals surface area (Å²) in [6.45, 7) is 17.2. The van der Waals surface area contributed by atoms with Crippen LogP contribution in [-0.4, -0.2) is 30.5 Å². The predicted molar refractivity (Wildman–Crippen MR) is 122 cm³/mol. The number of nitrogens with one attached hydrogen (secondary N) is 1. The van der Waals surface area contributed by atoms with E-state index in [0.717, 1.165) is 47.5 Å². The van der Waals surface area contributed by atoms with Gasteiger partial charge in [0.1, 0.15) is 0 Å². The molecule has 2 heterocycles. The number of aromatic nitrogens is 2. The molecule has 0 spiro atoms. The summed E-state index contributed by atoms with van der Waals surface area (Å²) in [7, 11) is 1.87. The first kappa shape index (κ1) is 24.4. The molecule has 1 aliphatic rings. The molecule has 1 aromatic heterocycles. The van der Waals surface area contributed by atoms with Gasteiger partial charge in [0.25, 0.3) is 0 Å². The van der Waals surface area contributed by atoms with Gasteiger partial charge in [-0.2, -0.15) is 5.10 Å². The molecular formula is C24H41N3O. The Morgan fingerprint density at radius 1 is 1.21 bits per heavy atom. The van der Waals surface area contributed by atoms with Gasteiger partial charge in [-0.15, -0.1) is 5.10 Å². The van der Waals surface area contributed by atoms with Crippen molar-refractivity contribution in [3.8, 4) is 0 Å². The lowest BCUT2D eigenvalue weighted by Gasteiger charge is -2.46. The maximum Gasteiger partial charge on any atom is 0.156 e. The molecule has 1 N–H and O–H groups in total. The zero-order valence-electron chi connectivity index (χ0n) is 19.4. The Morgan fingerprint density at radius 2 is 1.89 bits per heavy atom. The molecule has 158 valence electrons. The summed E-state index contributed by atoms with van der Waals surface area (Å²) in [4.78, 5) is 0. The van der Waals surface area contributed by atoms with Crippen LogP contribution in [0.25, 0.3) is 12.2 Å². The fourth-order valence-electron chi connectivity index (χ4n) is 3.83. The Morgan fingerprint density at radius 3 is 2.32 bits per heavy atom. The molecule has 0 aromatic carbocycles. The number of rotatable bonds is 7. The van der Waals surface area contributed by atoms with Crippen LogP contribution in [-0.2, 0) is 4.74 Å². The third-order valence-electron chi connectivity index (χ3n) is 5.84. The number of aryl methyl sites for hydroxylation is 1. The third-order valence-corrected chi connectivity index (χ3v) is 5.84. The van der Waals surface area contributed by atoms with Crippen LogP contribution in [0.1, 0.15) is 72.9 Å². The van der Waals surface area contributed by atoms with Gasteiger partial charge in [0.2, 0.25) is 0 Å². The lowest BCUT2D eigenvalue weighted by molar-refractivity contribution is -0.147. The van der Waals surface area contributed by atoms with Gasteiger partial charge >= 0.3 is 0 Å². The summed E-state index contributed by atoms with van der Waals surface area (Å²) >= 11 is 0. The normalized spacial score (nSPS) is 18.2. The van der Waals surface area contributed by atoms with E-state index in [2.05, 4.69) is 68.4 Å². The average molecular weight is 388 g/mol. The summed E-state index contributed by atoms with van der Waals surface area (Å²) < 4.78 is 5.31. The molecular weight excluding hydrogens is 346 g/mol. The lowest BCUT2D eigenvalue weighted by Crippen LogP contribution is -2.47. The molecule has 28 heavy (non-hydrogen) atoms. The maximum atomic E-state index is 5.31. The van der Waals surface area contributed by atoms with Crippen molar-refractivity contribution in [3.05, 3.63) is 27.8 Å². The van der Waals surface area contributed by atoms with E-state index in [1.165, 1.54) is 24.8 Å². The van der Waals surface area contributed by atoms with E-state index < -0.39 is 0 Å². The molecule has 1 atom stereocenters. The van der Waals surface area contributed by atoms with Gasteiger partial charge in [0.05, 0.1) is 18.9 Å². The van der Waals surface area contributed by atoms with Crippen LogP contribution < -0.4 is 15.8 Å². The van der Waals surface area contributed by atoms with Crippen molar-refractivity contribution in [3.63, 3.8) is 0 Å². The van der Waals surface area contributed by atoms with Gasteiger partial charge in [-0.1, -0.05) is 58.3 Å². The lowest BCUT2D eigenvalue weighted by atomic mass is 9.70. The Balaban J connectivity index is 0.000000307. The van der Waals surface area contributed by atoms with E-state index in [9.17, 15) is 0 Å². The zero-order valence-corrected chi connectivity index (χ0v) is 19.4. The molecule has 2 rings (SSSR count). The largest absolute Gasteiger partial charge is 0.380 e. The SMILES string of the molecule is C/C=c1/c(C)nnc(NC)/c1=C/C(C)=C/CC.CCCC1(C(C)CC)COC1. The molecule has 0 amide bonds. The molecule has 1 saturated heterocycles. The standard InChI is InChI=1S/C14H21N3.C10H20O/c1-6-8-10(3)9-13-12(7-2)11(4)16-17-14(13)15-5;1-4-6-10(7-11-8-10)9(3)5-2/h7-9H,6H2,1-5H3,(H,15,17);9H,4-8H2,1-3H3/b10-8+,12-7-,13-9+;. The summed E-state index contributed by atoms with van der Waals surface area (Å²) in [6.07, 6.45) is 11.4. The number of nitrogens with zero attached hydrogens (tertiary/aromatic N) is 2. The minimum atomic E-state index is 0.559. The molecule has 0 radical (unpaired) electrons. The minimum Gasteiger partial charge on any atom is -0.380 e. The second-order valence-electron chi connectivity index (χ2n) is 7.92. The molecule has 0 saturated carbocycles. The molecule has 1 unspecified atom stereocenters. The maximum absolute atomic E-state index is 5.31. The highest BCUT2D eigenvalue weighted by molar-refractivity contribution is 5.53. The van der Waals surface area contributed by atoms with Gasteiger partial charge in [0.15, 0.2) is 5.82 Å². The molecule has 4 nitrogen and oxygen atoms in total. The zero-order chi connectivity index (χ0) is 21.2. The highest BCUT2D eigenvalue weighted by atomic mass is 16.5. The molecule has 1 aromatic rings. The highest BCUT2D eigenvalue weighted by Crippen LogP contribution is 2.41. The van der Waals surface area contributed by atoms with Gasteiger partial charge in [-0.3, -0.25) is 0 Å². The van der Waals surface area contributed by atoms with Crippen molar-refractivity contribution in [1.82, 2.24) is 10.2 Å².